The third-order valence-electron chi connectivity index (χ3n) is 4.82. The second kappa shape index (κ2) is 12.4. The molecule has 0 heterocycles. The summed E-state index contributed by atoms with van der Waals surface area (Å²) in [6.07, 6.45) is 0.387. The summed E-state index contributed by atoms with van der Waals surface area (Å²) < 4.78 is 10.4. The molecule has 2 aromatic rings. The van der Waals surface area contributed by atoms with E-state index in [4.69, 9.17) is 37.5 Å². The van der Waals surface area contributed by atoms with E-state index in [9.17, 15) is 19.2 Å². The van der Waals surface area contributed by atoms with Crippen LogP contribution in [0.1, 0.15) is 24.0 Å². The molecule has 0 aromatic heterocycles. The van der Waals surface area contributed by atoms with E-state index in [1.54, 1.807) is 24.3 Å². The molecule has 1 amide bonds. The van der Waals surface area contributed by atoms with Crippen LogP contribution in [-0.4, -0.2) is 47.0 Å². The van der Waals surface area contributed by atoms with Gasteiger partial charge in [0.05, 0.1) is 0 Å². The Morgan fingerprint density at radius 2 is 1.12 bits per heavy atom. The summed E-state index contributed by atoms with van der Waals surface area (Å²) in [5.74, 6) is -2.47. The molecule has 182 valence electrons. The van der Waals surface area contributed by atoms with Gasteiger partial charge >= 0.3 is 17.9 Å². The van der Waals surface area contributed by atoms with Gasteiger partial charge in [0.25, 0.3) is 0 Å². The Balaban J connectivity index is 1.85. The van der Waals surface area contributed by atoms with Crippen molar-refractivity contribution in [3.8, 4) is 11.5 Å². The molecule has 9 N–H and O–H groups in total. The summed E-state index contributed by atoms with van der Waals surface area (Å²) in [4.78, 5) is 45.9. The number of carbonyl (C=O) groups is 4. The number of esters is 2. The van der Waals surface area contributed by atoms with Crippen molar-refractivity contribution in [3.05, 3.63) is 59.7 Å². The smallest absolute Gasteiger partial charge is 0.328 e. The van der Waals surface area contributed by atoms with Crippen LogP contribution < -0.4 is 32.4 Å². The minimum absolute atomic E-state index is 0.0216. The number of carboxylic acid groups (broad SMARTS) is 1. The quantitative estimate of drug-likeness (QED) is 0.199. The Hall–Kier alpha value is -3.80. The topological polar surface area (TPSA) is 211 Å². The molecule has 0 bridgehead atoms. The average Bonchev–Trinajstić information content (AvgIpc) is 2.79. The first kappa shape index (κ1) is 26.5. The molecule has 0 unspecified atom stereocenters. The van der Waals surface area contributed by atoms with Crippen molar-refractivity contribution in [2.24, 2.45) is 22.9 Å². The summed E-state index contributed by atoms with van der Waals surface area (Å²) in [5, 5.41) is 8.86. The van der Waals surface area contributed by atoms with Gasteiger partial charge in [-0.15, -0.1) is 0 Å². The van der Waals surface area contributed by atoms with Crippen molar-refractivity contribution in [2.75, 3.05) is 0 Å². The highest BCUT2D eigenvalue weighted by atomic mass is 16.5. The Labute approximate surface area is 196 Å². The minimum Gasteiger partial charge on any atom is -0.480 e. The first-order chi connectivity index (χ1) is 16.0. The van der Waals surface area contributed by atoms with Crippen molar-refractivity contribution in [1.29, 1.82) is 0 Å². The average molecular weight is 472 g/mol. The second-order valence-corrected chi connectivity index (χ2v) is 7.70. The van der Waals surface area contributed by atoms with Gasteiger partial charge in [0, 0.05) is 6.42 Å². The number of benzene rings is 2. The summed E-state index contributed by atoms with van der Waals surface area (Å²) in [6.45, 7) is 0. The number of hydrogen-bond donors (Lipinski definition) is 5. The van der Waals surface area contributed by atoms with Crippen molar-refractivity contribution < 1.29 is 33.8 Å². The molecule has 2 rings (SSSR count). The van der Waals surface area contributed by atoms with Crippen LogP contribution in [0.4, 0.5) is 0 Å². The second-order valence-electron chi connectivity index (χ2n) is 7.70. The van der Waals surface area contributed by atoms with Crippen LogP contribution in [-0.2, 0) is 32.0 Å². The standard InChI is InChI=1S/C23H28N4O7/c24-17(9-10-20(27)28)22(31)33-15-7-3-14(4-8-15)12-19(26)23(32)34-16-5-1-13(2-6-16)11-18(25)21(29)30/h1-8,17-19H,9-12,24-26H2,(H2,27,28)(H,29,30)/t17-,18-,19-/m0/s1. The molecular weight excluding hydrogens is 444 g/mol. The molecule has 0 aliphatic carbocycles. The maximum Gasteiger partial charge on any atom is 0.328 e. The number of nitrogens with two attached hydrogens (primary N) is 4. The number of rotatable bonds is 12. The van der Waals surface area contributed by atoms with Gasteiger partial charge in [-0.25, -0.2) is 9.59 Å². The van der Waals surface area contributed by atoms with Crippen molar-refractivity contribution in [3.63, 3.8) is 0 Å². The molecule has 0 spiro atoms. The summed E-state index contributed by atoms with van der Waals surface area (Å²) in [5.41, 5.74) is 23.5. The Morgan fingerprint density at radius 1 is 0.706 bits per heavy atom. The number of carbonyl (C=O) groups excluding carboxylic acids is 3. The number of carboxylic acids is 1. The fourth-order valence-corrected chi connectivity index (χ4v) is 2.86. The van der Waals surface area contributed by atoms with Crippen LogP contribution in [0, 0.1) is 0 Å². The lowest BCUT2D eigenvalue weighted by Crippen LogP contribution is -2.36. The predicted molar refractivity (Wildman–Crippen MR) is 122 cm³/mol. The third-order valence-corrected chi connectivity index (χ3v) is 4.82. The van der Waals surface area contributed by atoms with E-state index < -0.39 is 41.9 Å². The fraction of sp³-hybridized carbons (Fsp3) is 0.304. The Morgan fingerprint density at radius 3 is 1.53 bits per heavy atom. The van der Waals surface area contributed by atoms with Crippen LogP contribution >= 0.6 is 0 Å². The first-order valence-electron chi connectivity index (χ1n) is 10.4. The summed E-state index contributed by atoms with van der Waals surface area (Å²) in [7, 11) is 0. The van der Waals surface area contributed by atoms with Gasteiger partial charge in [0.15, 0.2) is 0 Å². The van der Waals surface area contributed by atoms with Crippen molar-refractivity contribution in [2.45, 2.75) is 43.8 Å². The summed E-state index contributed by atoms with van der Waals surface area (Å²) >= 11 is 0. The SMILES string of the molecule is NC(=O)CC[C@H](N)C(=O)Oc1ccc(C[C@H](N)C(=O)Oc2ccc(C[C@H](N)C(=O)O)cc2)cc1. The maximum atomic E-state index is 12.3. The normalized spacial score (nSPS) is 13.4. The predicted octanol–water partition coefficient (Wildman–Crippen LogP) is -0.385. The van der Waals surface area contributed by atoms with E-state index >= 15 is 0 Å². The molecule has 3 atom stereocenters. The van der Waals surface area contributed by atoms with Crippen LogP contribution in [0.3, 0.4) is 0 Å². The molecule has 0 radical (unpaired) electrons. The molecule has 0 aliphatic rings. The van der Waals surface area contributed by atoms with E-state index in [2.05, 4.69) is 0 Å². The molecule has 0 saturated heterocycles. The fourth-order valence-electron chi connectivity index (χ4n) is 2.86. The van der Waals surface area contributed by atoms with E-state index in [1.807, 2.05) is 0 Å². The monoisotopic (exact) mass is 472 g/mol. The highest BCUT2D eigenvalue weighted by molar-refractivity contribution is 5.80. The van der Waals surface area contributed by atoms with E-state index in [-0.39, 0.29) is 37.2 Å². The molecule has 2 aromatic carbocycles. The van der Waals surface area contributed by atoms with Crippen LogP contribution in [0.25, 0.3) is 0 Å². The highest BCUT2D eigenvalue weighted by Crippen LogP contribution is 2.17. The number of ether oxygens (including phenoxy) is 2. The Kier molecular flexibility index (Phi) is 9.68. The molecule has 0 fully saturated rings. The van der Waals surface area contributed by atoms with Gasteiger partial charge in [-0.05, 0) is 54.7 Å². The lowest BCUT2D eigenvalue weighted by Gasteiger charge is -2.13. The van der Waals surface area contributed by atoms with Gasteiger partial charge in [0.1, 0.15) is 29.6 Å². The largest absolute Gasteiger partial charge is 0.480 e. The van der Waals surface area contributed by atoms with E-state index in [1.165, 1.54) is 24.3 Å². The van der Waals surface area contributed by atoms with Gasteiger partial charge in [-0.3, -0.25) is 9.59 Å². The van der Waals surface area contributed by atoms with Crippen LogP contribution in [0.5, 0.6) is 11.5 Å². The van der Waals surface area contributed by atoms with E-state index in [0.29, 0.717) is 11.1 Å². The number of hydrogen-bond acceptors (Lipinski definition) is 9. The van der Waals surface area contributed by atoms with Crippen molar-refractivity contribution >= 4 is 23.8 Å². The van der Waals surface area contributed by atoms with Gasteiger partial charge in [-0.1, -0.05) is 24.3 Å². The molecule has 0 saturated carbocycles. The zero-order valence-electron chi connectivity index (χ0n) is 18.4. The Bertz CT molecular complexity index is 1010. The van der Waals surface area contributed by atoms with Crippen LogP contribution in [0.15, 0.2) is 48.5 Å². The number of amides is 1. The molecular formula is C23H28N4O7. The molecule has 0 aliphatic heterocycles. The van der Waals surface area contributed by atoms with Gasteiger partial charge < -0.3 is 37.5 Å². The van der Waals surface area contributed by atoms with Gasteiger partial charge in [-0.2, -0.15) is 0 Å². The molecule has 11 nitrogen and oxygen atoms in total. The first-order valence-corrected chi connectivity index (χ1v) is 10.4. The third kappa shape index (κ3) is 8.62. The lowest BCUT2D eigenvalue weighted by molar-refractivity contribution is -0.138. The zero-order valence-corrected chi connectivity index (χ0v) is 18.4. The maximum absolute atomic E-state index is 12.3. The number of aliphatic carboxylic acids is 1. The van der Waals surface area contributed by atoms with E-state index in [0.717, 1.165) is 0 Å². The minimum atomic E-state index is -1.10. The van der Waals surface area contributed by atoms with Crippen LogP contribution in [0.2, 0.25) is 0 Å². The number of primary amides is 1. The van der Waals surface area contributed by atoms with Crippen molar-refractivity contribution in [1.82, 2.24) is 0 Å². The van der Waals surface area contributed by atoms with Gasteiger partial charge in [0.2, 0.25) is 5.91 Å². The zero-order chi connectivity index (χ0) is 25.3. The highest BCUT2D eigenvalue weighted by Gasteiger charge is 2.19. The summed E-state index contributed by atoms with van der Waals surface area (Å²) in [6, 6.07) is 9.73. The lowest BCUT2D eigenvalue weighted by atomic mass is 10.1. The molecule has 34 heavy (non-hydrogen) atoms. The molecule has 11 heteroatoms.